The molecule has 0 aliphatic carbocycles. The van der Waals surface area contributed by atoms with Gasteiger partial charge in [0, 0.05) is 5.56 Å². The maximum Gasteiger partial charge on any atom is 0.363 e. The van der Waals surface area contributed by atoms with Crippen molar-refractivity contribution in [1.29, 1.82) is 0 Å². The van der Waals surface area contributed by atoms with Crippen LogP contribution in [0.2, 0.25) is 0 Å². The highest BCUT2D eigenvalue weighted by Gasteiger charge is 2.24. The molecule has 0 saturated heterocycles. The van der Waals surface area contributed by atoms with Crippen molar-refractivity contribution in [1.82, 2.24) is 0 Å². The minimum Gasteiger partial charge on any atom is -0.493 e. The molecule has 0 spiro atoms. The summed E-state index contributed by atoms with van der Waals surface area (Å²) in [5, 5.41) is 0. The summed E-state index contributed by atoms with van der Waals surface area (Å²) in [5.74, 6) is 1.03. The van der Waals surface area contributed by atoms with Crippen molar-refractivity contribution in [2.24, 2.45) is 4.99 Å². The fraction of sp³-hybridized carbons (Fsp3) is 0.0833. The summed E-state index contributed by atoms with van der Waals surface area (Å²) in [7, 11) is 1.59. The van der Waals surface area contributed by atoms with Crippen molar-refractivity contribution in [2.75, 3.05) is 7.11 Å². The molecule has 1 heterocycles. The first kappa shape index (κ1) is 18.5. The van der Waals surface area contributed by atoms with Gasteiger partial charge in [0.05, 0.1) is 7.11 Å². The third kappa shape index (κ3) is 4.35. The number of hydrogen-bond donors (Lipinski definition) is 0. The summed E-state index contributed by atoms with van der Waals surface area (Å²) in [5.41, 5.74) is 2.81. The Balaban J connectivity index is 1.58. The number of hydrogen-bond acceptors (Lipinski definition) is 5. The van der Waals surface area contributed by atoms with E-state index in [1.165, 1.54) is 0 Å². The van der Waals surface area contributed by atoms with Crippen LogP contribution in [0.4, 0.5) is 0 Å². The zero-order chi connectivity index (χ0) is 20.1. The molecular formula is C24H19NO4. The molecule has 0 bridgehead atoms. The topological polar surface area (TPSA) is 57.1 Å². The Bertz CT molecular complexity index is 1070. The summed E-state index contributed by atoms with van der Waals surface area (Å²) < 4.78 is 16.6. The number of esters is 1. The van der Waals surface area contributed by atoms with E-state index in [2.05, 4.69) is 4.99 Å². The molecule has 1 aliphatic rings. The van der Waals surface area contributed by atoms with Gasteiger partial charge in [-0.1, -0.05) is 54.6 Å². The van der Waals surface area contributed by atoms with E-state index in [0.717, 1.165) is 16.7 Å². The monoisotopic (exact) mass is 385 g/mol. The molecule has 5 heteroatoms. The lowest BCUT2D eigenvalue weighted by Crippen LogP contribution is -2.04. The van der Waals surface area contributed by atoms with Crippen molar-refractivity contribution in [3.63, 3.8) is 0 Å². The predicted octanol–water partition coefficient (Wildman–Crippen LogP) is 4.62. The molecule has 29 heavy (non-hydrogen) atoms. The third-order valence-electron chi connectivity index (χ3n) is 4.37. The highest BCUT2D eigenvalue weighted by molar-refractivity contribution is 6.12. The first-order valence-corrected chi connectivity index (χ1v) is 9.16. The van der Waals surface area contributed by atoms with E-state index < -0.39 is 5.97 Å². The molecule has 0 N–H and O–H groups in total. The average Bonchev–Trinajstić information content (AvgIpc) is 3.14. The first-order valence-electron chi connectivity index (χ1n) is 9.16. The molecule has 0 unspecified atom stereocenters. The van der Waals surface area contributed by atoms with Gasteiger partial charge < -0.3 is 14.2 Å². The zero-order valence-corrected chi connectivity index (χ0v) is 15.9. The van der Waals surface area contributed by atoms with Crippen LogP contribution in [0, 0.1) is 0 Å². The second-order valence-corrected chi connectivity index (χ2v) is 6.39. The molecule has 3 aromatic carbocycles. The predicted molar refractivity (Wildman–Crippen MR) is 111 cm³/mol. The number of ether oxygens (including phenoxy) is 3. The number of benzene rings is 3. The second-order valence-electron chi connectivity index (χ2n) is 6.39. The smallest absolute Gasteiger partial charge is 0.363 e. The molecule has 0 radical (unpaired) electrons. The van der Waals surface area contributed by atoms with E-state index in [9.17, 15) is 4.79 Å². The largest absolute Gasteiger partial charge is 0.493 e. The average molecular weight is 385 g/mol. The minimum absolute atomic E-state index is 0.239. The van der Waals surface area contributed by atoms with Crippen LogP contribution < -0.4 is 9.47 Å². The lowest BCUT2D eigenvalue weighted by Gasteiger charge is -2.11. The Kier molecular flexibility index (Phi) is 5.38. The molecule has 144 valence electrons. The fourth-order valence-electron chi connectivity index (χ4n) is 2.90. The van der Waals surface area contributed by atoms with Gasteiger partial charge in [-0.15, -0.1) is 0 Å². The van der Waals surface area contributed by atoms with E-state index in [4.69, 9.17) is 14.2 Å². The van der Waals surface area contributed by atoms with Crippen LogP contribution in [0.25, 0.3) is 6.08 Å². The van der Waals surface area contributed by atoms with Crippen LogP contribution >= 0.6 is 0 Å². The van der Waals surface area contributed by atoms with Crippen LogP contribution in [-0.2, 0) is 16.1 Å². The number of rotatable bonds is 6. The molecular weight excluding hydrogens is 366 g/mol. The maximum absolute atomic E-state index is 12.2. The number of methoxy groups -OCH3 is 1. The Morgan fingerprint density at radius 1 is 0.931 bits per heavy atom. The maximum atomic E-state index is 12.2. The third-order valence-corrected chi connectivity index (χ3v) is 4.37. The highest BCUT2D eigenvalue weighted by atomic mass is 16.6. The van der Waals surface area contributed by atoms with Crippen LogP contribution in [0.5, 0.6) is 11.5 Å². The van der Waals surface area contributed by atoms with Crippen molar-refractivity contribution in [3.8, 4) is 11.5 Å². The number of aliphatic imine (C=N–C) groups is 1. The second kappa shape index (κ2) is 8.44. The van der Waals surface area contributed by atoms with Crippen molar-refractivity contribution in [2.45, 2.75) is 6.61 Å². The van der Waals surface area contributed by atoms with E-state index in [1.807, 2.05) is 72.8 Å². The quantitative estimate of drug-likeness (QED) is 0.459. The molecule has 0 atom stereocenters. The van der Waals surface area contributed by atoms with Gasteiger partial charge >= 0.3 is 5.97 Å². The van der Waals surface area contributed by atoms with Gasteiger partial charge in [-0.25, -0.2) is 9.79 Å². The molecule has 5 nitrogen and oxygen atoms in total. The summed E-state index contributed by atoms with van der Waals surface area (Å²) in [6.45, 7) is 0.412. The van der Waals surface area contributed by atoms with Crippen LogP contribution in [-0.4, -0.2) is 19.0 Å². The molecule has 0 aromatic heterocycles. The number of carbonyl (C=O) groups is 1. The molecule has 0 amide bonds. The Labute approximate surface area is 168 Å². The van der Waals surface area contributed by atoms with Gasteiger partial charge in [0.25, 0.3) is 0 Å². The Morgan fingerprint density at radius 2 is 1.66 bits per heavy atom. The van der Waals surface area contributed by atoms with E-state index >= 15 is 0 Å². The van der Waals surface area contributed by atoms with Gasteiger partial charge in [0.15, 0.2) is 17.2 Å². The van der Waals surface area contributed by atoms with Crippen LogP contribution in [0.3, 0.4) is 0 Å². The molecule has 4 rings (SSSR count). The SMILES string of the molecule is COc1ccc(/C=C2/N=C(c3ccccc3)OC2=O)cc1OCc1ccccc1. The van der Waals surface area contributed by atoms with E-state index in [-0.39, 0.29) is 5.70 Å². The number of cyclic esters (lactones) is 1. The molecule has 0 saturated carbocycles. The summed E-state index contributed by atoms with van der Waals surface area (Å²) >= 11 is 0. The van der Waals surface area contributed by atoms with Gasteiger partial charge in [-0.3, -0.25) is 0 Å². The summed E-state index contributed by atoms with van der Waals surface area (Å²) in [6.07, 6.45) is 1.67. The Morgan fingerprint density at radius 3 is 2.38 bits per heavy atom. The van der Waals surface area contributed by atoms with Crippen molar-refractivity contribution in [3.05, 3.63) is 101 Å². The molecule has 1 aliphatic heterocycles. The normalized spacial score (nSPS) is 14.4. The van der Waals surface area contributed by atoms with Gasteiger partial charge in [-0.2, -0.15) is 0 Å². The van der Waals surface area contributed by atoms with Crippen LogP contribution in [0.15, 0.2) is 89.6 Å². The van der Waals surface area contributed by atoms with Crippen LogP contribution in [0.1, 0.15) is 16.7 Å². The minimum atomic E-state index is -0.480. The number of carbonyl (C=O) groups excluding carboxylic acids is 1. The molecule has 0 fully saturated rings. The number of nitrogens with zero attached hydrogens (tertiary/aromatic N) is 1. The molecule has 3 aromatic rings. The van der Waals surface area contributed by atoms with Crippen molar-refractivity contribution >= 4 is 17.9 Å². The van der Waals surface area contributed by atoms with E-state index in [0.29, 0.717) is 24.0 Å². The zero-order valence-electron chi connectivity index (χ0n) is 15.9. The lowest BCUT2D eigenvalue weighted by molar-refractivity contribution is -0.129. The Hall–Kier alpha value is -3.86. The van der Waals surface area contributed by atoms with Gasteiger partial charge in [0.2, 0.25) is 5.90 Å². The standard InChI is InChI=1S/C24H19NO4/c1-27-21-13-12-18(15-22(21)28-16-17-8-4-2-5-9-17)14-20-24(26)29-23(25-20)19-10-6-3-7-11-19/h2-15H,16H2,1H3/b20-14+. The lowest BCUT2D eigenvalue weighted by atomic mass is 10.1. The van der Waals surface area contributed by atoms with E-state index in [1.54, 1.807) is 19.3 Å². The van der Waals surface area contributed by atoms with Crippen molar-refractivity contribution < 1.29 is 19.0 Å². The highest BCUT2D eigenvalue weighted by Crippen LogP contribution is 2.30. The first-order chi connectivity index (χ1) is 14.2. The summed E-state index contributed by atoms with van der Waals surface area (Å²) in [6, 6.07) is 24.6. The summed E-state index contributed by atoms with van der Waals surface area (Å²) in [4.78, 5) is 16.6. The van der Waals surface area contributed by atoms with Gasteiger partial charge in [0.1, 0.15) is 6.61 Å². The van der Waals surface area contributed by atoms with Gasteiger partial charge in [-0.05, 0) is 41.5 Å². The fourth-order valence-corrected chi connectivity index (χ4v) is 2.90.